The first-order valence-electron chi connectivity index (χ1n) is 16.2. The van der Waals surface area contributed by atoms with E-state index in [4.69, 9.17) is 24.1 Å². The minimum atomic E-state index is -1.13. The Kier molecular flexibility index (Phi) is 20.4. The molecule has 0 spiro atoms. The molecule has 1 aromatic carbocycles. The molecule has 48 heavy (non-hydrogen) atoms. The Labute approximate surface area is 292 Å². The molecule has 0 aliphatic rings. The van der Waals surface area contributed by atoms with Gasteiger partial charge in [0.15, 0.2) is 0 Å². The van der Waals surface area contributed by atoms with Crippen molar-refractivity contribution < 1.29 is 58.6 Å². The molecule has 7 unspecified atom stereocenters. The van der Waals surface area contributed by atoms with Crippen molar-refractivity contribution in [1.29, 1.82) is 0 Å². The van der Waals surface area contributed by atoms with Crippen LogP contribution in [0.25, 0.3) is 0 Å². The van der Waals surface area contributed by atoms with Crippen molar-refractivity contribution >= 4 is 47.4 Å². The van der Waals surface area contributed by atoms with Gasteiger partial charge in [0, 0.05) is 16.9 Å². The second kappa shape index (κ2) is 22.4. The zero-order valence-corrected chi connectivity index (χ0v) is 30.7. The molecule has 1 aromatic rings. The first kappa shape index (κ1) is 43.7. The minimum Gasteiger partial charge on any atom is -0.462 e. The third-order valence-electron chi connectivity index (χ3n) is 7.95. The zero-order valence-electron chi connectivity index (χ0n) is 29.1. The zero-order chi connectivity index (χ0) is 36.4. The summed E-state index contributed by atoms with van der Waals surface area (Å²) in [7, 11) is 0. The molecule has 0 heterocycles. The van der Waals surface area contributed by atoms with E-state index in [2.05, 4.69) is 0 Å². The lowest BCUT2D eigenvalue weighted by Crippen LogP contribution is -2.35. The van der Waals surface area contributed by atoms with E-state index in [9.17, 15) is 34.5 Å². The van der Waals surface area contributed by atoms with Gasteiger partial charge in [-0.05, 0) is 63.8 Å². The normalized spacial score (nSPS) is 16.1. The fourth-order valence-corrected chi connectivity index (χ4v) is 6.17. The van der Waals surface area contributed by atoms with Gasteiger partial charge >= 0.3 is 23.9 Å². The molecule has 0 aliphatic carbocycles. The van der Waals surface area contributed by atoms with Crippen LogP contribution in [0.15, 0.2) is 24.3 Å². The predicted octanol–water partition coefficient (Wildman–Crippen LogP) is 3.65. The maximum Gasteiger partial charge on any atom is 0.338 e. The van der Waals surface area contributed by atoms with Gasteiger partial charge in [-0.2, -0.15) is 11.8 Å². The second-order valence-corrected chi connectivity index (χ2v) is 14.7. The molecular formula is C34H54O12S2. The lowest BCUT2D eigenvalue weighted by atomic mass is 9.98. The fraction of sp³-hybridized carbons (Fsp3) is 0.706. The van der Waals surface area contributed by atoms with E-state index in [1.165, 1.54) is 36.0 Å². The third kappa shape index (κ3) is 16.4. The van der Waals surface area contributed by atoms with Crippen LogP contribution in [-0.4, -0.2) is 117 Å². The van der Waals surface area contributed by atoms with Crippen molar-refractivity contribution in [2.75, 3.05) is 37.1 Å². The first-order valence-corrected chi connectivity index (χ1v) is 18.4. The summed E-state index contributed by atoms with van der Waals surface area (Å²) in [5, 5.41) is 39.9. The van der Waals surface area contributed by atoms with Gasteiger partial charge < -0.3 is 39.4 Å². The second-order valence-electron chi connectivity index (χ2n) is 12.4. The number of aliphatic hydroxyl groups is 4. The van der Waals surface area contributed by atoms with Gasteiger partial charge in [-0.25, -0.2) is 9.59 Å². The van der Waals surface area contributed by atoms with Gasteiger partial charge in [0.2, 0.25) is 0 Å². The highest BCUT2D eigenvalue weighted by atomic mass is 32.2. The fourth-order valence-electron chi connectivity index (χ4n) is 4.14. The van der Waals surface area contributed by atoms with E-state index in [0.29, 0.717) is 12.2 Å². The van der Waals surface area contributed by atoms with Gasteiger partial charge in [0.25, 0.3) is 0 Å². The summed E-state index contributed by atoms with van der Waals surface area (Å²) in [5.41, 5.74) is -0.264. The summed E-state index contributed by atoms with van der Waals surface area (Å²) in [6, 6.07) is 5.55. The number of aliphatic hydroxyl groups excluding tert-OH is 4. The van der Waals surface area contributed by atoms with E-state index < -0.39 is 59.8 Å². The van der Waals surface area contributed by atoms with Gasteiger partial charge in [-0.1, -0.05) is 34.1 Å². The van der Waals surface area contributed by atoms with Crippen LogP contribution < -0.4 is 0 Å². The summed E-state index contributed by atoms with van der Waals surface area (Å²) in [4.78, 5) is 49.3. The lowest BCUT2D eigenvalue weighted by molar-refractivity contribution is -0.153. The van der Waals surface area contributed by atoms with E-state index >= 15 is 0 Å². The SMILES string of the molecule is CCCC(SCC(O)CO)C(C)C(O)COC(=O)c1ccc(C(=O)OCC(O)C(C)C(C)OC(=O)CSCC(=O)OC(C)(C)CC)cc1. The smallest absolute Gasteiger partial charge is 0.338 e. The maximum atomic E-state index is 12.6. The summed E-state index contributed by atoms with van der Waals surface area (Å²) in [5.74, 6) is -2.91. The van der Waals surface area contributed by atoms with Gasteiger partial charge in [-0.15, -0.1) is 11.8 Å². The van der Waals surface area contributed by atoms with E-state index in [1.54, 1.807) is 13.8 Å². The van der Waals surface area contributed by atoms with Gasteiger partial charge in [0.1, 0.15) is 24.9 Å². The molecule has 12 nitrogen and oxygen atoms in total. The molecule has 0 fully saturated rings. The molecule has 4 N–H and O–H groups in total. The number of esters is 4. The van der Waals surface area contributed by atoms with Crippen molar-refractivity contribution in [2.24, 2.45) is 11.8 Å². The first-order chi connectivity index (χ1) is 22.5. The van der Waals surface area contributed by atoms with Crippen LogP contribution in [0.4, 0.5) is 0 Å². The summed E-state index contributed by atoms with van der Waals surface area (Å²) in [6.45, 7) is 11.7. The molecular weight excluding hydrogens is 664 g/mol. The Morgan fingerprint density at radius 2 is 1.31 bits per heavy atom. The van der Waals surface area contributed by atoms with Crippen molar-refractivity contribution in [1.82, 2.24) is 0 Å². The van der Waals surface area contributed by atoms with Crippen molar-refractivity contribution in [3.05, 3.63) is 35.4 Å². The summed E-state index contributed by atoms with van der Waals surface area (Å²) in [6.07, 6.45) is -1.29. The number of hydrogen-bond acceptors (Lipinski definition) is 14. The molecule has 0 aliphatic heterocycles. The molecule has 7 atom stereocenters. The molecule has 274 valence electrons. The quantitative estimate of drug-likeness (QED) is 0.0949. The van der Waals surface area contributed by atoms with Crippen LogP contribution in [-0.2, 0) is 28.5 Å². The standard InChI is InChI=1S/C34H54O12S2/c1-8-10-29(48-18-26(36)15-35)22(4)28(38)17-44-33(42)25-13-11-24(12-14-25)32(41)43-16-27(37)21(3)23(5)45-30(39)19-47-20-31(40)46-34(6,7)9-2/h11-14,21-23,26-29,35-38H,8-10,15-20H2,1-7H3. The highest BCUT2D eigenvalue weighted by Gasteiger charge is 2.28. The highest BCUT2D eigenvalue weighted by molar-refractivity contribution is 8.00. The topological polar surface area (TPSA) is 186 Å². The molecule has 0 saturated heterocycles. The molecule has 0 amide bonds. The molecule has 0 aromatic heterocycles. The Morgan fingerprint density at radius 3 is 1.79 bits per heavy atom. The number of carbonyl (C=O) groups is 4. The van der Waals surface area contributed by atoms with Crippen LogP contribution in [0.2, 0.25) is 0 Å². The monoisotopic (exact) mass is 718 g/mol. The highest BCUT2D eigenvalue weighted by Crippen LogP contribution is 2.28. The Bertz CT molecular complexity index is 1130. The number of rotatable bonds is 23. The Hall–Kier alpha value is -2.36. The van der Waals surface area contributed by atoms with E-state index in [0.717, 1.165) is 24.6 Å². The molecule has 1 rings (SSSR count). The van der Waals surface area contributed by atoms with Crippen molar-refractivity contribution in [3.63, 3.8) is 0 Å². The predicted molar refractivity (Wildman–Crippen MR) is 185 cm³/mol. The van der Waals surface area contributed by atoms with Crippen LogP contribution in [0.1, 0.15) is 88.4 Å². The van der Waals surface area contributed by atoms with Crippen LogP contribution in [0, 0.1) is 11.8 Å². The molecule has 0 radical (unpaired) electrons. The van der Waals surface area contributed by atoms with Gasteiger partial charge in [0.05, 0.1) is 47.6 Å². The summed E-state index contributed by atoms with van der Waals surface area (Å²) >= 11 is 2.53. The van der Waals surface area contributed by atoms with Crippen LogP contribution in [0.3, 0.4) is 0 Å². The Balaban J connectivity index is 2.51. The maximum absolute atomic E-state index is 12.6. The molecule has 0 saturated carbocycles. The van der Waals surface area contributed by atoms with Crippen LogP contribution >= 0.6 is 23.5 Å². The number of ether oxygens (including phenoxy) is 4. The third-order valence-corrected chi connectivity index (χ3v) is 10.5. The number of thioether (sulfide) groups is 2. The average molecular weight is 719 g/mol. The number of hydrogen-bond donors (Lipinski definition) is 4. The van der Waals surface area contributed by atoms with Gasteiger partial charge in [-0.3, -0.25) is 9.59 Å². The van der Waals surface area contributed by atoms with Crippen molar-refractivity contribution in [3.8, 4) is 0 Å². The van der Waals surface area contributed by atoms with E-state index in [-0.39, 0.29) is 53.6 Å². The number of carbonyl (C=O) groups excluding carboxylic acids is 4. The molecule has 14 heteroatoms. The number of benzene rings is 1. The average Bonchev–Trinajstić information content (AvgIpc) is 3.06. The summed E-state index contributed by atoms with van der Waals surface area (Å²) < 4.78 is 21.2. The Morgan fingerprint density at radius 1 is 0.812 bits per heavy atom. The van der Waals surface area contributed by atoms with Crippen LogP contribution in [0.5, 0.6) is 0 Å². The molecule has 0 bridgehead atoms. The largest absolute Gasteiger partial charge is 0.462 e. The lowest BCUT2D eigenvalue weighted by Gasteiger charge is -2.28. The van der Waals surface area contributed by atoms with E-state index in [1.807, 2.05) is 34.6 Å². The van der Waals surface area contributed by atoms with Crippen molar-refractivity contribution in [2.45, 2.75) is 103 Å². The minimum absolute atomic E-state index is 0.000999.